The lowest BCUT2D eigenvalue weighted by Crippen LogP contribution is -2.22. The van der Waals surface area contributed by atoms with Crippen LogP contribution in [0.4, 0.5) is 0 Å². The Labute approximate surface area is 133 Å². The molecular weight excluding hydrogens is 272 g/mol. The van der Waals surface area contributed by atoms with Crippen molar-refractivity contribution in [2.45, 2.75) is 53.1 Å². The third kappa shape index (κ3) is 4.03. The lowest BCUT2D eigenvalue weighted by Gasteiger charge is -2.22. The first-order chi connectivity index (χ1) is 10.3. The largest absolute Gasteiger partial charge is 0.508 e. The van der Waals surface area contributed by atoms with Gasteiger partial charge in [0.05, 0.1) is 0 Å². The Morgan fingerprint density at radius 1 is 1.18 bits per heavy atom. The summed E-state index contributed by atoms with van der Waals surface area (Å²) in [5.74, 6) is 1.21. The second-order valence-electron chi connectivity index (χ2n) is 6.74. The van der Waals surface area contributed by atoms with Gasteiger partial charge in [-0.3, -0.25) is 0 Å². The van der Waals surface area contributed by atoms with E-state index in [4.69, 9.17) is 4.74 Å². The van der Waals surface area contributed by atoms with Crippen LogP contribution in [0.2, 0.25) is 0 Å². The molecule has 1 N–H and O–H groups in total. The van der Waals surface area contributed by atoms with Crippen LogP contribution in [0.3, 0.4) is 0 Å². The quantitative estimate of drug-likeness (QED) is 0.762. The van der Waals surface area contributed by atoms with E-state index in [1.54, 1.807) is 0 Å². The highest BCUT2D eigenvalue weighted by Gasteiger charge is 2.16. The first kappa shape index (κ1) is 16.4. The van der Waals surface area contributed by atoms with Crippen molar-refractivity contribution in [3.63, 3.8) is 0 Å². The molecule has 0 aromatic heterocycles. The van der Waals surface area contributed by atoms with Gasteiger partial charge in [-0.1, -0.05) is 24.6 Å². The first-order valence-corrected chi connectivity index (χ1v) is 7.89. The maximum Gasteiger partial charge on any atom is 0.120 e. The molecule has 0 aliphatic heterocycles. The highest BCUT2D eigenvalue weighted by molar-refractivity contribution is 5.83. The second-order valence-corrected chi connectivity index (χ2v) is 6.74. The van der Waals surface area contributed by atoms with Gasteiger partial charge in [0.15, 0.2) is 0 Å². The summed E-state index contributed by atoms with van der Waals surface area (Å²) in [5, 5.41) is 9.86. The summed E-state index contributed by atoms with van der Waals surface area (Å²) >= 11 is 0. The average molecular weight is 298 g/mol. The molecule has 0 atom stereocenters. The van der Waals surface area contributed by atoms with Gasteiger partial charge in [-0.05, 0) is 81.5 Å². The summed E-state index contributed by atoms with van der Waals surface area (Å²) in [6.45, 7) is 10.4. The van der Waals surface area contributed by atoms with Crippen molar-refractivity contribution >= 4 is 5.57 Å². The van der Waals surface area contributed by atoms with Gasteiger partial charge in [0.1, 0.15) is 17.1 Å². The molecular formula is C20H26O2. The number of hydrogen-bond donors (Lipinski definition) is 1. The first-order valence-electron chi connectivity index (χ1n) is 7.89. The van der Waals surface area contributed by atoms with Crippen LogP contribution in [0, 0.1) is 0 Å². The van der Waals surface area contributed by atoms with Gasteiger partial charge in [0, 0.05) is 0 Å². The maximum atomic E-state index is 9.86. The Kier molecular flexibility index (Phi) is 4.80. The van der Waals surface area contributed by atoms with E-state index in [0.717, 1.165) is 29.7 Å². The SMILES string of the molecule is CCC(C)=C1CC=C(O)C=C1c1ccc(OC(C)(C)C)cc1. The minimum absolute atomic E-state index is 0.198. The molecule has 0 saturated carbocycles. The van der Waals surface area contributed by atoms with E-state index in [-0.39, 0.29) is 5.60 Å². The summed E-state index contributed by atoms with van der Waals surface area (Å²) in [5.41, 5.74) is 4.71. The van der Waals surface area contributed by atoms with Crippen LogP contribution in [0.1, 0.15) is 53.0 Å². The summed E-state index contributed by atoms with van der Waals surface area (Å²) in [6, 6.07) is 8.12. The highest BCUT2D eigenvalue weighted by Crippen LogP contribution is 2.34. The van der Waals surface area contributed by atoms with Crippen molar-refractivity contribution in [1.29, 1.82) is 0 Å². The van der Waals surface area contributed by atoms with Crippen molar-refractivity contribution in [1.82, 2.24) is 0 Å². The zero-order chi connectivity index (χ0) is 16.3. The molecule has 22 heavy (non-hydrogen) atoms. The van der Waals surface area contributed by atoms with Crippen LogP contribution in [0.5, 0.6) is 5.75 Å². The van der Waals surface area contributed by atoms with Crippen LogP contribution < -0.4 is 4.74 Å². The minimum atomic E-state index is -0.198. The molecule has 0 fully saturated rings. The summed E-state index contributed by atoms with van der Waals surface area (Å²) in [6.07, 6.45) is 5.54. The van der Waals surface area contributed by atoms with E-state index in [9.17, 15) is 5.11 Å². The van der Waals surface area contributed by atoms with Crippen molar-refractivity contribution in [2.24, 2.45) is 0 Å². The van der Waals surface area contributed by atoms with Gasteiger partial charge in [-0.15, -0.1) is 0 Å². The standard InChI is InChI=1S/C20H26O2/c1-6-14(2)18-12-9-16(21)13-19(18)15-7-10-17(11-8-15)22-20(3,4)5/h7-11,13,21H,6,12H2,1-5H3. The Morgan fingerprint density at radius 2 is 1.82 bits per heavy atom. The molecule has 2 rings (SSSR count). The van der Waals surface area contributed by atoms with E-state index >= 15 is 0 Å². The molecule has 1 aromatic carbocycles. The minimum Gasteiger partial charge on any atom is -0.508 e. The molecule has 2 nitrogen and oxygen atoms in total. The summed E-state index contributed by atoms with van der Waals surface area (Å²) < 4.78 is 5.87. The van der Waals surface area contributed by atoms with Gasteiger partial charge in [0.25, 0.3) is 0 Å². The van der Waals surface area contributed by atoms with E-state index < -0.39 is 0 Å². The van der Waals surface area contributed by atoms with Crippen LogP contribution >= 0.6 is 0 Å². The fraction of sp³-hybridized carbons (Fsp3) is 0.400. The maximum absolute atomic E-state index is 9.86. The monoisotopic (exact) mass is 298 g/mol. The van der Waals surface area contributed by atoms with E-state index in [2.05, 4.69) is 26.0 Å². The number of rotatable bonds is 3. The lowest BCUT2D eigenvalue weighted by molar-refractivity contribution is 0.131. The zero-order valence-electron chi connectivity index (χ0n) is 14.2. The third-order valence-corrected chi connectivity index (χ3v) is 3.77. The van der Waals surface area contributed by atoms with Gasteiger partial charge < -0.3 is 9.84 Å². The molecule has 0 bridgehead atoms. The molecule has 0 saturated heterocycles. The Balaban J connectivity index is 2.35. The Hall–Kier alpha value is -1.96. The van der Waals surface area contributed by atoms with E-state index in [1.165, 1.54) is 11.1 Å². The summed E-state index contributed by atoms with van der Waals surface area (Å²) in [7, 11) is 0. The van der Waals surface area contributed by atoms with Gasteiger partial charge >= 0.3 is 0 Å². The predicted molar refractivity (Wildman–Crippen MR) is 93.1 cm³/mol. The van der Waals surface area contributed by atoms with Crippen LogP contribution in [0.15, 0.2) is 53.3 Å². The van der Waals surface area contributed by atoms with Crippen molar-refractivity contribution in [2.75, 3.05) is 0 Å². The Bertz CT molecular complexity index is 623. The smallest absolute Gasteiger partial charge is 0.120 e. The topological polar surface area (TPSA) is 29.5 Å². The van der Waals surface area contributed by atoms with Crippen LogP contribution in [0.25, 0.3) is 5.57 Å². The van der Waals surface area contributed by atoms with Gasteiger partial charge in [0.2, 0.25) is 0 Å². The molecule has 0 amide bonds. The number of benzene rings is 1. The van der Waals surface area contributed by atoms with Crippen molar-refractivity contribution < 1.29 is 9.84 Å². The molecule has 1 aliphatic carbocycles. The molecule has 2 heteroatoms. The zero-order valence-corrected chi connectivity index (χ0v) is 14.2. The molecule has 0 heterocycles. The number of ether oxygens (including phenoxy) is 1. The molecule has 0 radical (unpaired) electrons. The third-order valence-electron chi connectivity index (χ3n) is 3.77. The predicted octanol–water partition coefficient (Wildman–Crippen LogP) is 5.82. The number of allylic oxidation sites excluding steroid dienone is 5. The molecule has 0 spiro atoms. The van der Waals surface area contributed by atoms with E-state index in [0.29, 0.717) is 5.76 Å². The van der Waals surface area contributed by atoms with Gasteiger partial charge in [-0.2, -0.15) is 0 Å². The average Bonchev–Trinajstić information content (AvgIpc) is 2.45. The molecule has 0 unspecified atom stereocenters. The molecule has 1 aromatic rings. The van der Waals surface area contributed by atoms with Crippen LogP contribution in [-0.2, 0) is 0 Å². The van der Waals surface area contributed by atoms with Gasteiger partial charge in [-0.25, -0.2) is 0 Å². The second kappa shape index (κ2) is 6.43. The van der Waals surface area contributed by atoms with Crippen molar-refractivity contribution in [3.05, 3.63) is 58.9 Å². The molecule has 118 valence electrons. The lowest BCUT2D eigenvalue weighted by atomic mass is 9.87. The van der Waals surface area contributed by atoms with Crippen molar-refractivity contribution in [3.8, 4) is 5.75 Å². The normalized spacial score (nSPS) is 17.7. The fourth-order valence-corrected chi connectivity index (χ4v) is 2.54. The number of aliphatic hydroxyl groups excluding tert-OH is 1. The number of hydrogen-bond acceptors (Lipinski definition) is 2. The summed E-state index contributed by atoms with van der Waals surface area (Å²) in [4.78, 5) is 0. The Morgan fingerprint density at radius 3 is 2.36 bits per heavy atom. The number of aliphatic hydroxyl groups is 1. The van der Waals surface area contributed by atoms with Crippen LogP contribution in [-0.4, -0.2) is 10.7 Å². The highest BCUT2D eigenvalue weighted by atomic mass is 16.5. The van der Waals surface area contributed by atoms with E-state index in [1.807, 2.05) is 45.1 Å². The fourth-order valence-electron chi connectivity index (χ4n) is 2.54. The molecule has 1 aliphatic rings.